The lowest BCUT2D eigenvalue weighted by Gasteiger charge is -2.23. The van der Waals surface area contributed by atoms with Crippen LogP contribution in [0.4, 0.5) is 11.4 Å². The Labute approximate surface area is 152 Å². The molecule has 0 fully saturated rings. The van der Waals surface area contributed by atoms with E-state index in [0.29, 0.717) is 23.6 Å². The van der Waals surface area contributed by atoms with Crippen LogP contribution >= 0.6 is 0 Å². The summed E-state index contributed by atoms with van der Waals surface area (Å²) in [4.78, 5) is 10.4. The monoisotopic (exact) mass is 376 g/mol. The van der Waals surface area contributed by atoms with Crippen molar-refractivity contribution in [3.8, 4) is 5.75 Å². The third-order valence-corrected chi connectivity index (χ3v) is 5.64. The SMILES string of the molecule is C=CCOc1ccc(N(CC)S(=O)(=O)c2ccc(C)c([N+](=O)[O-])c2)cc1. The topological polar surface area (TPSA) is 89.8 Å². The molecule has 0 heterocycles. The molecular formula is C18H20N2O5S. The normalized spacial score (nSPS) is 11.0. The van der Waals surface area contributed by atoms with E-state index < -0.39 is 14.9 Å². The molecule has 7 nitrogen and oxygen atoms in total. The molecule has 0 aliphatic heterocycles. The van der Waals surface area contributed by atoms with Gasteiger partial charge in [-0.1, -0.05) is 18.7 Å². The Kier molecular flexibility index (Phi) is 5.99. The number of ether oxygens (including phenoxy) is 1. The van der Waals surface area contributed by atoms with Gasteiger partial charge < -0.3 is 4.74 Å². The molecule has 0 radical (unpaired) electrons. The maximum absolute atomic E-state index is 13.0. The second-order valence-corrected chi connectivity index (χ2v) is 7.33. The molecule has 2 rings (SSSR count). The Bertz CT molecular complexity index is 908. The van der Waals surface area contributed by atoms with E-state index in [0.717, 1.165) is 6.07 Å². The number of sulfonamides is 1. The van der Waals surface area contributed by atoms with Gasteiger partial charge in [0.25, 0.3) is 15.7 Å². The molecule has 0 aliphatic rings. The zero-order valence-electron chi connectivity index (χ0n) is 14.6. The molecule has 2 aromatic carbocycles. The lowest BCUT2D eigenvalue weighted by molar-refractivity contribution is -0.385. The number of nitrogens with zero attached hydrogens (tertiary/aromatic N) is 2. The number of anilines is 1. The van der Waals surface area contributed by atoms with E-state index >= 15 is 0 Å². The Balaban J connectivity index is 2.40. The van der Waals surface area contributed by atoms with E-state index in [-0.39, 0.29) is 17.1 Å². The number of aryl methyl sites for hydroxylation is 1. The summed E-state index contributed by atoms with van der Waals surface area (Å²) in [6, 6.07) is 10.5. The van der Waals surface area contributed by atoms with Crippen molar-refractivity contribution in [2.45, 2.75) is 18.7 Å². The van der Waals surface area contributed by atoms with Crippen LogP contribution in [-0.4, -0.2) is 26.5 Å². The number of rotatable bonds is 8. The van der Waals surface area contributed by atoms with Crippen molar-refractivity contribution in [1.29, 1.82) is 0 Å². The summed E-state index contributed by atoms with van der Waals surface area (Å²) in [7, 11) is -3.93. The average molecular weight is 376 g/mol. The standard InChI is InChI=1S/C18H20N2O5S/c1-4-12-25-16-9-7-15(8-10-16)19(5-2)26(23,24)17-11-6-14(3)18(13-17)20(21)22/h4,6-11,13H,1,5,12H2,2-3H3. The predicted octanol–water partition coefficient (Wildman–Crippen LogP) is 3.68. The summed E-state index contributed by atoms with van der Waals surface area (Å²) >= 11 is 0. The first kappa shape index (κ1) is 19.5. The lowest BCUT2D eigenvalue weighted by atomic mass is 10.2. The van der Waals surface area contributed by atoms with Crippen molar-refractivity contribution in [2.24, 2.45) is 0 Å². The minimum absolute atomic E-state index is 0.122. The van der Waals surface area contributed by atoms with E-state index in [2.05, 4.69) is 6.58 Å². The van der Waals surface area contributed by atoms with Crippen LogP contribution < -0.4 is 9.04 Å². The van der Waals surface area contributed by atoms with Crippen LogP contribution in [0.15, 0.2) is 60.0 Å². The summed E-state index contributed by atoms with van der Waals surface area (Å²) in [5.41, 5.74) is 0.623. The molecule has 0 saturated carbocycles. The van der Waals surface area contributed by atoms with E-state index in [1.165, 1.54) is 16.4 Å². The van der Waals surface area contributed by atoms with Gasteiger partial charge in [-0.15, -0.1) is 0 Å². The molecule has 0 saturated heterocycles. The Morgan fingerprint density at radius 1 is 1.23 bits per heavy atom. The summed E-state index contributed by atoms with van der Waals surface area (Å²) in [5, 5.41) is 11.1. The van der Waals surface area contributed by atoms with Crippen LogP contribution in [-0.2, 0) is 10.0 Å². The molecule has 0 amide bonds. The van der Waals surface area contributed by atoms with Crippen molar-refractivity contribution in [1.82, 2.24) is 0 Å². The summed E-state index contributed by atoms with van der Waals surface area (Å²) in [5.74, 6) is 0.591. The Hall–Kier alpha value is -2.87. The minimum atomic E-state index is -3.93. The summed E-state index contributed by atoms with van der Waals surface area (Å²) in [6.07, 6.45) is 1.61. The van der Waals surface area contributed by atoms with Crippen molar-refractivity contribution in [3.63, 3.8) is 0 Å². The van der Waals surface area contributed by atoms with Crippen molar-refractivity contribution in [2.75, 3.05) is 17.5 Å². The van der Waals surface area contributed by atoms with Gasteiger partial charge in [0.1, 0.15) is 12.4 Å². The molecule has 0 unspecified atom stereocenters. The highest BCUT2D eigenvalue weighted by molar-refractivity contribution is 7.92. The predicted molar refractivity (Wildman–Crippen MR) is 100 cm³/mol. The zero-order valence-corrected chi connectivity index (χ0v) is 15.4. The fourth-order valence-corrected chi connectivity index (χ4v) is 3.92. The molecule has 0 aromatic heterocycles. The van der Waals surface area contributed by atoms with Gasteiger partial charge in [-0.3, -0.25) is 14.4 Å². The van der Waals surface area contributed by atoms with Crippen LogP contribution in [0.2, 0.25) is 0 Å². The van der Waals surface area contributed by atoms with Gasteiger partial charge in [-0.05, 0) is 44.2 Å². The minimum Gasteiger partial charge on any atom is -0.490 e. The van der Waals surface area contributed by atoms with Gasteiger partial charge in [0.2, 0.25) is 0 Å². The quantitative estimate of drug-likeness (QED) is 0.398. The van der Waals surface area contributed by atoms with E-state index in [9.17, 15) is 18.5 Å². The number of hydrogen-bond acceptors (Lipinski definition) is 5. The average Bonchev–Trinajstić information content (AvgIpc) is 2.61. The van der Waals surface area contributed by atoms with Gasteiger partial charge >= 0.3 is 0 Å². The molecule has 26 heavy (non-hydrogen) atoms. The van der Waals surface area contributed by atoms with Crippen LogP contribution in [0.3, 0.4) is 0 Å². The van der Waals surface area contributed by atoms with Gasteiger partial charge in [-0.25, -0.2) is 8.42 Å². The first-order chi connectivity index (χ1) is 12.3. The van der Waals surface area contributed by atoms with E-state index in [4.69, 9.17) is 4.74 Å². The third kappa shape index (κ3) is 4.02. The molecule has 0 spiro atoms. The largest absolute Gasteiger partial charge is 0.490 e. The van der Waals surface area contributed by atoms with Crippen LogP contribution in [0.5, 0.6) is 5.75 Å². The fraction of sp³-hybridized carbons (Fsp3) is 0.222. The number of nitro groups is 1. The van der Waals surface area contributed by atoms with E-state index in [1.807, 2.05) is 0 Å². The lowest BCUT2D eigenvalue weighted by Crippen LogP contribution is -2.30. The third-order valence-electron chi connectivity index (χ3n) is 3.75. The van der Waals surface area contributed by atoms with Crippen molar-refractivity contribution in [3.05, 3.63) is 70.8 Å². The van der Waals surface area contributed by atoms with E-state index in [1.54, 1.807) is 44.2 Å². The highest BCUT2D eigenvalue weighted by atomic mass is 32.2. The summed E-state index contributed by atoms with van der Waals surface area (Å²) < 4.78 is 32.5. The van der Waals surface area contributed by atoms with Gasteiger partial charge in [0, 0.05) is 18.2 Å². The molecule has 0 aliphatic carbocycles. The maximum Gasteiger partial charge on any atom is 0.273 e. The zero-order chi connectivity index (χ0) is 19.3. The smallest absolute Gasteiger partial charge is 0.273 e. The highest BCUT2D eigenvalue weighted by Crippen LogP contribution is 2.28. The van der Waals surface area contributed by atoms with Gasteiger partial charge in [-0.2, -0.15) is 0 Å². The number of nitro benzene ring substituents is 1. The molecule has 0 N–H and O–H groups in total. The van der Waals surface area contributed by atoms with Crippen LogP contribution in [0, 0.1) is 17.0 Å². The summed E-state index contributed by atoms with van der Waals surface area (Å²) in [6.45, 7) is 7.35. The number of hydrogen-bond donors (Lipinski definition) is 0. The Morgan fingerprint density at radius 3 is 2.42 bits per heavy atom. The van der Waals surface area contributed by atoms with Gasteiger partial charge in [0.05, 0.1) is 15.5 Å². The van der Waals surface area contributed by atoms with Crippen molar-refractivity contribution < 1.29 is 18.1 Å². The fourth-order valence-electron chi connectivity index (χ4n) is 2.43. The number of benzene rings is 2. The first-order valence-electron chi connectivity index (χ1n) is 7.92. The van der Waals surface area contributed by atoms with Crippen LogP contribution in [0.25, 0.3) is 0 Å². The second kappa shape index (κ2) is 8.01. The molecule has 2 aromatic rings. The Morgan fingerprint density at radius 2 is 1.88 bits per heavy atom. The molecular weight excluding hydrogens is 356 g/mol. The first-order valence-corrected chi connectivity index (χ1v) is 9.36. The molecule has 138 valence electrons. The van der Waals surface area contributed by atoms with Crippen molar-refractivity contribution >= 4 is 21.4 Å². The van der Waals surface area contributed by atoms with Crippen LogP contribution in [0.1, 0.15) is 12.5 Å². The van der Waals surface area contributed by atoms with Gasteiger partial charge in [0.15, 0.2) is 0 Å². The molecule has 8 heteroatoms. The molecule has 0 bridgehead atoms. The second-order valence-electron chi connectivity index (χ2n) is 5.47. The maximum atomic E-state index is 13.0. The molecule has 0 atom stereocenters. The highest BCUT2D eigenvalue weighted by Gasteiger charge is 2.26.